The van der Waals surface area contributed by atoms with E-state index in [0.29, 0.717) is 4.91 Å². The predicted octanol–water partition coefficient (Wildman–Crippen LogP) is 2.81. The van der Waals surface area contributed by atoms with Crippen LogP contribution >= 0.6 is 23.5 Å². The Morgan fingerprint density at radius 2 is 2.06 bits per heavy atom. The molecule has 0 spiro atoms. The molecular formula is C11H9NO3S2. The van der Waals surface area contributed by atoms with Gasteiger partial charge in [0.1, 0.15) is 7.11 Å². The number of thioether (sulfide) groups is 2. The van der Waals surface area contributed by atoms with E-state index in [1.54, 1.807) is 5.41 Å². The molecule has 0 aromatic heterocycles. The topological polar surface area (TPSA) is 58.9 Å². The molecule has 4 nitrogen and oxygen atoms in total. The summed E-state index contributed by atoms with van der Waals surface area (Å²) in [5.41, 5.74) is -0.0699. The predicted molar refractivity (Wildman–Crippen MR) is 68.3 cm³/mol. The molecule has 6 heteroatoms. The van der Waals surface area contributed by atoms with Crippen LogP contribution in [0, 0.1) is 0 Å². The van der Waals surface area contributed by atoms with Crippen LogP contribution in [0.4, 0.5) is 0 Å². The second-order valence-corrected chi connectivity index (χ2v) is 5.07. The summed E-state index contributed by atoms with van der Waals surface area (Å²) in [6.07, 6.45) is 0. The van der Waals surface area contributed by atoms with Gasteiger partial charge in [-0.05, 0) is 17.5 Å². The molecular weight excluding hydrogens is 258 g/mol. The Morgan fingerprint density at radius 1 is 1.35 bits per heavy atom. The van der Waals surface area contributed by atoms with Crippen LogP contribution in [0.5, 0.6) is 0 Å². The first kappa shape index (κ1) is 12.1. The van der Waals surface area contributed by atoms with Gasteiger partial charge in [-0.15, -0.1) is 0 Å². The third kappa shape index (κ3) is 2.65. The number of carbonyl (C=O) groups is 1. The molecule has 1 heterocycles. The minimum Gasteiger partial charge on any atom is -0.476 e. The highest BCUT2D eigenvalue weighted by Gasteiger charge is 2.22. The van der Waals surface area contributed by atoms with E-state index in [1.807, 2.05) is 24.3 Å². The monoisotopic (exact) mass is 267 g/mol. The summed E-state index contributed by atoms with van der Waals surface area (Å²) in [4.78, 5) is 18.3. The molecule has 1 N–H and O–H groups in total. The van der Waals surface area contributed by atoms with Crippen molar-refractivity contribution in [1.29, 1.82) is 0 Å². The zero-order chi connectivity index (χ0) is 12.3. The van der Waals surface area contributed by atoms with E-state index in [9.17, 15) is 4.79 Å². The maximum atomic E-state index is 11.0. The van der Waals surface area contributed by atoms with E-state index in [4.69, 9.17) is 5.11 Å². The van der Waals surface area contributed by atoms with Crippen molar-refractivity contribution in [1.82, 2.24) is 0 Å². The first-order valence-electron chi connectivity index (χ1n) is 4.71. The van der Waals surface area contributed by atoms with Crippen LogP contribution in [0.15, 0.2) is 49.5 Å². The molecule has 88 valence electrons. The lowest BCUT2D eigenvalue weighted by molar-refractivity contribution is -0.129. The van der Waals surface area contributed by atoms with Crippen LogP contribution in [-0.4, -0.2) is 23.9 Å². The number of rotatable bonds is 3. The van der Waals surface area contributed by atoms with Gasteiger partial charge in [0.25, 0.3) is 0 Å². The largest absolute Gasteiger partial charge is 0.476 e. The lowest BCUT2D eigenvalue weighted by Gasteiger charge is -2.14. The number of hydrogen-bond acceptors (Lipinski definition) is 5. The number of carboxylic acids is 1. The molecule has 0 saturated carbocycles. The lowest BCUT2D eigenvalue weighted by Crippen LogP contribution is -2.15. The molecule has 0 aliphatic carbocycles. The summed E-state index contributed by atoms with van der Waals surface area (Å²) < 4.78 is 0. The van der Waals surface area contributed by atoms with Crippen molar-refractivity contribution in [2.75, 3.05) is 7.11 Å². The molecule has 1 aromatic carbocycles. The van der Waals surface area contributed by atoms with Crippen molar-refractivity contribution in [2.45, 2.75) is 9.79 Å². The van der Waals surface area contributed by atoms with Crippen LogP contribution in [0.25, 0.3) is 0 Å². The third-order valence-electron chi connectivity index (χ3n) is 1.98. The summed E-state index contributed by atoms with van der Waals surface area (Å²) in [6.45, 7) is 0. The first-order valence-corrected chi connectivity index (χ1v) is 6.40. The summed E-state index contributed by atoms with van der Waals surface area (Å²) in [5, 5.41) is 14.3. The average molecular weight is 267 g/mol. The summed E-state index contributed by atoms with van der Waals surface area (Å²) in [6, 6.07) is 7.82. The molecule has 1 aliphatic rings. The lowest BCUT2D eigenvalue weighted by atomic mass is 10.3. The molecule has 0 atom stereocenters. The summed E-state index contributed by atoms with van der Waals surface area (Å²) in [5.74, 6) is -1.09. The number of aliphatic carboxylic acids is 1. The first-order chi connectivity index (χ1) is 8.22. The van der Waals surface area contributed by atoms with Crippen LogP contribution in [0.2, 0.25) is 0 Å². The van der Waals surface area contributed by atoms with Gasteiger partial charge in [-0.3, -0.25) is 0 Å². The quantitative estimate of drug-likeness (QED) is 0.674. The van der Waals surface area contributed by atoms with Crippen LogP contribution < -0.4 is 0 Å². The molecule has 0 amide bonds. The molecule has 2 rings (SSSR count). The maximum absolute atomic E-state index is 11.0. The van der Waals surface area contributed by atoms with Crippen LogP contribution in [0.1, 0.15) is 0 Å². The summed E-state index contributed by atoms with van der Waals surface area (Å²) >= 11 is 2.87. The van der Waals surface area contributed by atoms with Crippen molar-refractivity contribution in [3.05, 3.63) is 34.6 Å². The Bertz CT molecular complexity index is 511. The molecule has 1 aromatic rings. The van der Waals surface area contributed by atoms with Crippen molar-refractivity contribution in [3.8, 4) is 0 Å². The van der Waals surface area contributed by atoms with Gasteiger partial charge in [-0.1, -0.05) is 40.8 Å². The standard InChI is InChI=1S/C11H9NO3S2/c1-15-12-10(11(13)14)9-6-16-7-4-2-3-5-8(7)17-9/h2-6H,1H3,(H,13,14)/b12-10-. The number of fused-ring (bicyclic) bond motifs is 1. The number of oxime groups is 1. The normalized spacial score (nSPS) is 14.9. The second-order valence-electron chi connectivity index (χ2n) is 3.08. The molecule has 0 radical (unpaired) electrons. The Balaban J connectivity index is 2.29. The highest BCUT2D eigenvalue weighted by atomic mass is 32.2. The van der Waals surface area contributed by atoms with E-state index in [-0.39, 0.29) is 5.71 Å². The second kappa shape index (κ2) is 5.29. The van der Waals surface area contributed by atoms with Gasteiger partial charge in [0.2, 0.25) is 5.71 Å². The van der Waals surface area contributed by atoms with Crippen molar-refractivity contribution >= 4 is 35.2 Å². The highest BCUT2D eigenvalue weighted by Crippen LogP contribution is 2.42. The fourth-order valence-corrected chi connectivity index (χ4v) is 3.34. The Kier molecular flexibility index (Phi) is 3.75. The van der Waals surface area contributed by atoms with E-state index in [0.717, 1.165) is 9.79 Å². The van der Waals surface area contributed by atoms with Gasteiger partial charge in [0.15, 0.2) is 0 Å². The van der Waals surface area contributed by atoms with Gasteiger partial charge < -0.3 is 9.94 Å². The Morgan fingerprint density at radius 3 is 2.71 bits per heavy atom. The van der Waals surface area contributed by atoms with E-state index >= 15 is 0 Å². The molecule has 0 fully saturated rings. The highest BCUT2D eigenvalue weighted by molar-refractivity contribution is 8.09. The number of nitrogens with zero attached hydrogens (tertiary/aromatic N) is 1. The zero-order valence-corrected chi connectivity index (χ0v) is 10.5. The van der Waals surface area contributed by atoms with Crippen LogP contribution in [0.3, 0.4) is 0 Å². The third-order valence-corrected chi connectivity index (χ3v) is 4.33. The smallest absolute Gasteiger partial charge is 0.359 e. The van der Waals surface area contributed by atoms with E-state index in [2.05, 4.69) is 9.99 Å². The Labute approximate surface area is 107 Å². The van der Waals surface area contributed by atoms with E-state index < -0.39 is 5.97 Å². The average Bonchev–Trinajstić information content (AvgIpc) is 2.35. The van der Waals surface area contributed by atoms with E-state index in [1.165, 1.54) is 30.6 Å². The Hall–Kier alpha value is -1.40. The van der Waals surface area contributed by atoms with Gasteiger partial charge in [0.05, 0.1) is 4.91 Å². The van der Waals surface area contributed by atoms with Crippen molar-refractivity contribution < 1.29 is 14.7 Å². The number of hydrogen-bond donors (Lipinski definition) is 1. The molecule has 0 bridgehead atoms. The fraction of sp³-hybridized carbons (Fsp3) is 0.0909. The molecule has 17 heavy (non-hydrogen) atoms. The van der Waals surface area contributed by atoms with Gasteiger partial charge in [-0.2, -0.15) is 0 Å². The SMILES string of the molecule is CO/N=C(\C(=O)O)C1=CSc2ccccc2S1. The van der Waals surface area contributed by atoms with Gasteiger partial charge in [0, 0.05) is 9.79 Å². The minimum absolute atomic E-state index is 0.0699. The zero-order valence-electron chi connectivity index (χ0n) is 8.91. The molecule has 0 unspecified atom stereocenters. The number of benzene rings is 1. The molecule has 0 saturated heterocycles. The molecule has 1 aliphatic heterocycles. The summed E-state index contributed by atoms with van der Waals surface area (Å²) in [7, 11) is 1.33. The van der Waals surface area contributed by atoms with Gasteiger partial charge >= 0.3 is 5.97 Å². The van der Waals surface area contributed by atoms with Crippen molar-refractivity contribution in [3.63, 3.8) is 0 Å². The van der Waals surface area contributed by atoms with Gasteiger partial charge in [-0.25, -0.2) is 4.79 Å². The van der Waals surface area contributed by atoms with Crippen LogP contribution in [-0.2, 0) is 9.63 Å². The fourth-order valence-electron chi connectivity index (χ4n) is 1.28. The maximum Gasteiger partial charge on any atom is 0.359 e. The minimum atomic E-state index is -1.09. The number of carboxylic acid groups (broad SMARTS) is 1. The van der Waals surface area contributed by atoms with Crippen molar-refractivity contribution in [2.24, 2.45) is 5.16 Å².